The number of hydrogen-bond donors (Lipinski definition) is 1. The zero-order valence-electron chi connectivity index (χ0n) is 12.6. The fourth-order valence-corrected chi connectivity index (χ4v) is 2.34. The summed E-state index contributed by atoms with van der Waals surface area (Å²) in [5.74, 6) is -0.324. The molecule has 6 heteroatoms. The largest absolute Gasteiger partial charge is 0.348 e. The molecule has 0 unspecified atom stereocenters. The minimum atomic E-state index is -0.441. The third-order valence-corrected chi connectivity index (χ3v) is 3.45. The first-order chi connectivity index (χ1) is 11.2. The molecule has 0 saturated heterocycles. The van der Waals surface area contributed by atoms with Gasteiger partial charge in [0, 0.05) is 12.2 Å². The zero-order valence-corrected chi connectivity index (χ0v) is 12.6. The number of benzene rings is 2. The second-order valence-corrected chi connectivity index (χ2v) is 4.91. The highest BCUT2D eigenvalue weighted by Gasteiger charge is 2.21. The molecule has 1 N–H and O–H groups in total. The summed E-state index contributed by atoms with van der Waals surface area (Å²) in [5, 5.41) is 4.13. The van der Waals surface area contributed by atoms with E-state index in [1.165, 1.54) is 4.68 Å². The van der Waals surface area contributed by atoms with Gasteiger partial charge in [0.05, 0.1) is 5.69 Å². The Labute approximate surface area is 133 Å². The molecule has 1 aromatic heterocycles. The van der Waals surface area contributed by atoms with Crippen molar-refractivity contribution in [2.24, 2.45) is 0 Å². The maximum Gasteiger partial charge on any atom is 0.348 e. The Balaban J connectivity index is 1.96. The van der Waals surface area contributed by atoms with Crippen molar-refractivity contribution < 1.29 is 4.79 Å². The van der Waals surface area contributed by atoms with Crippen LogP contribution in [0.5, 0.6) is 0 Å². The van der Waals surface area contributed by atoms with Crippen LogP contribution in [0.15, 0.2) is 65.5 Å². The molecule has 0 aliphatic carbocycles. The first kappa shape index (κ1) is 14.8. The molecular weight excluding hydrogens is 292 g/mol. The van der Waals surface area contributed by atoms with Gasteiger partial charge in [-0.1, -0.05) is 36.4 Å². The van der Waals surface area contributed by atoms with Gasteiger partial charge in [0.15, 0.2) is 0 Å². The van der Waals surface area contributed by atoms with E-state index in [1.54, 1.807) is 29.2 Å². The molecule has 0 aliphatic heterocycles. The number of H-pyrrole nitrogens is 1. The summed E-state index contributed by atoms with van der Waals surface area (Å²) < 4.78 is 1.19. The lowest BCUT2D eigenvalue weighted by Gasteiger charge is -2.19. The Morgan fingerprint density at radius 1 is 1.09 bits per heavy atom. The Morgan fingerprint density at radius 3 is 2.30 bits per heavy atom. The lowest BCUT2D eigenvalue weighted by Crippen LogP contribution is -2.31. The summed E-state index contributed by atoms with van der Waals surface area (Å²) in [6.45, 7) is 2.35. The van der Waals surface area contributed by atoms with Crippen LogP contribution >= 0.6 is 0 Å². The topological polar surface area (TPSA) is 71.0 Å². The highest BCUT2D eigenvalue weighted by atomic mass is 16.2. The van der Waals surface area contributed by atoms with Crippen LogP contribution in [0.3, 0.4) is 0 Å². The summed E-state index contributed by atoms with van der Waals surface area (Å²) in [6.07, 6.45) is 0. The van der Waals surface area contributed by atoms with Crippen LogP contribution in [0.25, 0.3) is 5.69 Å². The molecule has 1 heterocycles. The quantitative estimate of drug-likeness (QED) is 0.803. The fourth-order valence-electron chi connectivity index (χ4n) is 2.34. The number of hydrogen-bond acceptors (Lipinski definition) is 3. The number of aromatic nitrogens is 3. The maximum absolute atomic E-state index is 12.7. The first-order valence-electron chi connectivity index (χ1n) is 7.32. The van der Waals surface area contributed by atoms with Crippen molar-refractivity contribution in [2.45, 2.75) is 6.92 Å². The van der Waals surface area contributed by atoms with Crippen LogP contribution in [0.2, 0.25) is 0 Å². The standard InChI is InChI=1S/C17H16N4O2/c1-2-20(13-9-5-3-6-10-13)16(22)15-18-17(23)21(19-15)14-11-7-4-8-12-14/h3-12H,2H2,1H3,(H,18,19,23). The Hall–Kier alpha value is -3.15. The lowest BCUT2D eigenvalue weighted by molar-refractivity contribution is 0.0978. The first-order valence-corrected chi connectivity index (χ1v) is 7.32. The average Bonchev–Trinajstić information content (AvgIpc) is 2.99. The predicted molar refractivity (Wildman–Crippen MR) is 88.0 cm³/mol. The van der Waals surface area contributed by atoms with Crippen LogP contribution in [-0.4, -0.2) is 27.2 Å². The summed E-state index contributed by atoms with van der Waals surface area (Å²) in [7, 11) is 0. The molecule has 116 valence electrons. The van der Waals surface area contributed by atoms with E-state index in [1.807, 2.05) is 43.3 Å². The number of nitrogens with one attached hydrogen (secondary N) is 1. The maximum atomic E-state index is 12.7. The zero-order chi connectivity index (χ0) is 16.2. The highest BCUT2D eigenvalue weighted by Crippen LogP contribution is 2.15. The normalized spacial score (nSPS) is 10.5. The number of nitrogens with zero attached hydrogens (tertiary/aromatic N) is 3. The van der Waals surface area contributed by atoms with Crippen LogP contribution in [0.4, 0.5) is 5.69 Å². The van der Waals surface area contributed by atoms with Crippen molar-refractivity contribution in [3.05, 3.63) is 77.0 Å². The van der Waals surface area contributed by atoms with Crippen LogP contribution in [0.1, 0.15) is 17.5 Å². The van der Waals surface area contributed by atoms with E-state index in [0.29, 0.717) is 12.2 Å². The summed E-state index contributed by atoms with van der Waals surface area (Å²) >= 11 is 0. The Kier molecular flexibility index (Phi) is 4.05. The molecule has 0 fully saturated rings. The van der Waals surface area contributed by atoms with E-state index in [0.717, 1.165) is 5.69 Å². The SMILES string of the molecule is CCN(C(=O)c1nn(-c2ccccc2)c(=O)[nH]1)c1ccccc1. The van der Waals surface area contributed by atoms with Gasteiger partial charge >= 0.3 is 5.69 Å². The van der Waals surface area contributed by atoms with Crippen molar-refractivity contribution in [2.75, 3.05) is 11.4 Å². The summed E-state index contributed by atoms with van der Waals surface area (Å²) in [4.78, 5) is 28.8. The van der Waals surface area contributed by atoms with Gasteiger partial charge in [0.2, 0.25) is 5.82 Å². The number of amides is 1. The molecule has 6 nitrogen and oxygen atoms in total. The number of carbonyl (C=O) groups excluding carboxylic acids is 1. The monoisotopic (exact) mass is 308 g/mol. The second kappa shape index (κ2) is 6.31. The summed E-state index contributed by atoms with van der Waals surface area (Å²) in [5.41, 5.74) is 0.925. The van der Waals surface area contributed by atoms with Gasteiger partial charge in [-0.05, 0) is 31.2 Å². The van der Waals surface area contributed by atoms with Crippen LogP contribution in [-0.2, 0) is 0 Å². The fraction of sp³-hybridized carbons (Fsp3) is 0.118. The van der Waals surface area contributed by atoms with Crippen molar-refractivity contribution in [1.82, 2.24) is 14.8 Å². The van der Waals surface area contributed by atoms with E-state index >= 15 is 0 Å². The smallest absolute Gasteiger partial charge is 0.306 e. The molecule has 1 amide bonds. The average molecular weight is 308 g/mol. The number of rotatable bonds is 4. The molecule has 3 aromatic rings. The van der Waals surface area contributed by atoms with E-state index in [4.69, 9.17) is 0 Å². The molecule has 0 radical (unpaired) electrons. The third-order valence-electron chi connectivity index (χ3n) is 3.45. The van der Waals surface area contributed by atoms with Gasteiger partial charge in [-0.2, -0.15) is 4.68 Å². The molecular formula is C17H16N4O2. The summed E-state index contributed by atoms with van der Waals surface area (Å²) in [6, 6.07) is 18.3. The number of para-hydroxylation sites is 2. The van der Waals surface area contributed by atoms with E-state index in [-0.39, 0.29) is 11.7 Å². The predicted octanol–water partition coefficient (Wildman–Crippen LogP) is 2.23. The Bertz CT molecular complexity index is 853. The van der Waals surface area contributed by atoms with Crippen molar-refractivity contribution in [1.29, 1.82) is 0 Å². The van der Waals surface area contributed by atoms with Gasteiger partial charge in [-0.15, -0.1) is 5.10 Å². The Morgan fingerprint density at radius 2 is 1.70 bits per heavy atom. The second-order valence-electron chi connectivity index (χ2n) is 4.91. The van der Waals surface area contributed by atoms with Crippen LogP contribution < -0.4 is 10.6 Å². The van der Waals surface area contributed by atoms with Crippen LogP contribution in [0, 0.1) is 0 Å². The van der Waals surface area contributed by atoms with E-state index < -0.39 is 5.69 Å². The van der Waals surface area contributed by atoms with E-state index in [2.05, 4.69) is 10.1 Å². The van der Waals surface area contributed by atoms with Crippen molar-refractivity contribution >= 4 is 11.6 Å². The number of aromatic amines is 1. The number of carbonyl (C=O) groups is 1. The lowest BCUT2D eigenvalue weighted by atomic mass is 10.3. The molecule has 0 saturated carbocycles. The molecule has 0 aliphatic rings. The van der Waals surface area contributed by atoms with E-state index in [9.17, 15) is 9.59 Å². The molecule has 3 rings (SSSR count). The molecule has 0 bridgehead atoms. The van der Waals surface area contributed by atoms with Crippen molar-refractivity contribution in [3.8, 4) is 5.69 Å². The minimum Gasteiger partial charge on any atom is -0.306 e. The molecule has 0 spiro atoms. The van der Waals surface area contributed by atoms with Gasteiger partial charge in [0.1, 0.15) is 0 Å². The number of anilines is 1. The highest BCUT2D eigenvalue weighted by molar-refractivity contribution is 6.03. The van der Waals surface area contributed by atoms with Gasteiger partial charge in [0.25, 0.3) is 5.91 Å². The van der Waals surface area contributed by atoms with Gasteiger partial charge < -0.3 is 4.90 Å². The third kappa shape index (κ3) is 2.91. The molecule has 2 aromatic carbocycles. The van der Waals surface area contributed by atoms with Crippen molar-refractivity contribution in [3.63, 3.8) is 0 Å². The van der Waals surface area contributed by atoms with Gasteiger partial charge in [-0.3, -0.25) is 9.78 Å². The minimum absolute atomic E-state index is 0.0181. The molecule has 0 atom stereocenters. The molecule has 23 heavy (non-hydrogen) atoms. The van der Waals surface area contributed by atoms with Gasteiger partial charge in [-0.25, -0.2) is 4.79 Å².